The van der Waals surface area contributed by atoms with Gasteiger partial charge in [0.15, 0.2) is 11.2 Å². The van der Waals surface area contributed by atoms with Gasteiger partial charge < -0.3 is 21.6 Å². The van der Waals surface area contributed by atoms with Gasteiger partial charge in [0.1, 0.15) is 13.3 Å². The molecule has 7 N–H and O–H groups in total. The zero-order valence-corrected chi connectivity index (χ0v) is 15.9. The first kappa shape index (κ1) is 24.1. The molecule has 2 aromatic heterocycles. The molecule has 0 aliphatic heterocycles. The highest BCUT2D eigenvalue weighted by atomic mass is 31.1. The molecule has 0 fully saturated rings. The summed E-state index contributed by atoms with van der Waals surface area (Å²) in [6.07, 6.45) is 2.38. The van der Waals surface area contributed by atoms with Crippen molar-refractivity contribution in [3.05, 3.63) is 27.2 Å². The van der Waals surface area contributed by atoms with Crippen LogP contribution < -0.4 is 23.6 Å². The summed E-state index contributed by atoms with van der Waals surface area (Å²) in [6, 6.07) is 0. The minimum Gasteiger partial charge on any atom is -0.361 e. The summed E-state index contributed by atoms with van der Waals surface area (Å²) in [4.78, 5) is 37.6. The van der Waals surface area contributed by atoms with E-state index in [0.717, 1.165) is 4.57 Å². The fourth-order valence-electron chi connectivity index (χ4n) is 2.32. The number of ether oxygens (including phenoxy) is 1. The van der Waals surface area contributed by atoms with Gasteiger partial charge in [-0.25, -0.2) is 9.78 Å². The van der Waals surface area contributed by atoms with E-state index in [4.69, 9.17) is 9.63 Å². The Hall–Kier alpha value is -1.95. The monoisotopic (exact) mass is 393 g/mol. The van der Waals surface area contributed by atoms with Gasteiger partial charge >= 0.3 is 13.9 Å². The number of aromatic nitrogens is 4. The van der Waals surface area contributed by atoms with E-state index in [-0.39, 0.29) is 32.2 Å². The number of hydrogen-bond acceptors (Lipinski definition) is 8. The molecule has 2 rings (SSSR count). The van der Waals surface area contributed by atoms with Crippen LogP contribution in [0.2, 0.25) is 0 Å². The van der Waals surface area contributed by atoms with Crippen LogP contribution in [-0.2, 0) is 34.1 Å². The van der Waals surface area contributed by atoms with Crippen molar-refractivity contribution in [2.75, 3.05) is 13.2 Å². The zero-order chi connectivity index (χ0) is 17.7. The van der Waals surface area contributed by atoms with E-state index in [2.05, 4.69) is 9.51 Å². The Morgan fingerprint density at radius 3 is 2.58 bits per heavy atom. The van der Waals surface area contributed by atoms with Gasteiger partial charge in [-0.1, -0.05) is 0 Å². The lowest BCUT2D eigenvalue weighted by Crippen LogP contribution is -2.39. The van der Waals surface area contributed by atoms with Crippen LogP contribution in [0.3, 0.4) is 0 Å². The van der Waals surface area contributed by atoms with Crippen LogP contribution in [0, 0.1) is 0 Å². The summed E-state index contributed by atoms with van der Waals surface area (Å²) in [5.74, 6) is 0. The molecule has 0 saturated heterocycles. The lowest BCUT2D eigenvalue weighted by molar-refractivity contribution is 0.0903. The molecule has 13 heteroatoms. The number of nitrogens with zero attached hydrogens (tertiary/aromatic N) is 4. The van der Waals surface area contributed by atoms with Crippen LogP contribution in [-0.4, -0.2) is 36.8 Å². The highest BCUT2D eigenvalue weighted by Crippen LogP contribution is 2.14. The third kappa shape index (κ3) is 5.27. The van der Waals surface area contributed by atoms with Crippen LogP contribution >= 0.6 is 8.25 Å². The van der Waals surface area contributed by atoms with Crippen molar-refractivity contribution < 1.29 is 18.7 Å². The molecule has 2 heterocycles. The number of hydrogen-bond donors (Lipinski definition) is 3. The normalized spacial score (nSPS) is 11.1. The molecule has 0 spiro atoms. The van der Waals surface area contributed by atoms with Crippen molar-refractivity contribution in [3.63, 3.8) is 0 Å². The topological polar surface area (TPSA) is 188 Å². The highest BCUT2D eigenvalue weighted by Gasteiger charge is 2.16. The minimum absolute atomic E-state index is 0. The minimum atomic E-state index is -2.63. The van der Waals surface area contributed by atoms with Crippen molar-refractivity contribution in [2.24, 2.45) is 7.05 Å². The molecule has 0 aliphatic carbocycles. The predicted molar refractivity (Wildman–Crippen MR) is 95.9 cm³/mol. The Kier molecular flexibility index (Phi) is 10.1. The van der Waals surface area contributed by atoms with Crippen LogP contribution in [0.25, 0.3) is 11.2 Å². The predicted octanol–water partition coefficient (Wildman–Crippen LogP) is 0.661. The van der Waals surface area contributed by atoms with Gasteiger partial charge in [-0.05, 0) is 19.8 Å². The first-order valence-corrected chi connectivity index (χ1v) is 8.61. The molecule has 26 heavy (non-hydrogen) atoms. The van der Waals surface area contributed by atoms with Crippen molar-refractivity contribution in [1.82, 2.24) is 31.0 Å². The highest BCUT2D eigenvalue weighted by molar-refractivity contribution is 7.32. The van der Waals surface area contributed by atoms with E-state index in [1.807, 2.05) is 6.92 Å². The van der Waals surface area contributed by atoms with E-state index in [1.165, 1.54) is 10.9 Å². The smallest absolute Gasteiger partial charge is 0.361 e. The summed E-state index contributed by atoms with van der Waals surface area (Å²) < 4.78 is 24.3. The Labute approximate surface area is 150 Å². The molecule has 1 atom stereocenters. The summed E-state index contributed by atoms with van der Waals surface area (Å²) in [7, 11) is -1.07. The maximum absolute atomic E-state index is 12.6. The Balaban J connectivity index is 0.00000312. The van der Waals surface area contributed by atoms with E-state index in [0.29, 0.717) is 30.6 Å². The SMILES string of the molecule is CCOCn1cnc2c1c(=O)n(CCCCO[P+](=O)O)c(=O)n2C.N.N. The molecular weight excluding hydrogens is 367 g/mol. The summed E-state index contributed by atoms with van der Waals surface area (Å²) in [5, 5.41) is 0. The lowest BCUT2D eigenvalue weighted by Gasteiger charge is -2.09. The van der Waals surface area contributed by atoms with Gasteiger partial charge in [-0.2, -0.15) is 0 Å². The molecule has 0 aliphatic rings. The number of imidazole rings is 1. The van der Waals surface area contributed by atoms with Crippen LogP contribution in [0.5, 0.6) is 0 Å². The maximum Gasteiger partial charge on any atom is 0.694 e. The Bertz CT molecular complexity index is 844. The second-order valence-electron chi connectivity index (χ2n) is 5.09. The Morgan fingerprint density at radius 1 is 1.27 bits per heavy atom. The van der Waals surface area contributed by atoms with E-state index in [1.54, 1.807) is 11.6 Å². The van der Waals surface area contributed by atoms with Crippen LogP contribution in [0.4, 0.5) is 0 Å². The van der Waals surface area contributed by atoms with Crippen LogP contribution in [0.1, 0.15) is 19.8 Å². The molecule has 0 bridgehead atoms. The third-order valence-electron chi connectivity index (χ3n) is 3.51. The van der Waals surface area contributed by atoms with Crippen molar-refractivity contribution in [2.45, 2.75) is 33.0 Å². The Morgan fingerprint density at radius 2 is 1.96 bits per heavy atom. The zero-order valence-electron chi connectivity index (χ0n) is 15.0. The molecule has 0 aromatic carbocycles. The molecule has 2 aromatic rings. The molecule has 148 valence electrons. The van der Waals surface area contributed by atoms with E-state index in [9.17, 15) is 14.2 Å². The molecule has 0 amide bonds. The van der Waals surface area contributed by atoms with Gasteiger partial charge in [-0.3, -0.25) is 13.9 Å². The first-order chi connectivity index (χ1) is 11.5. The van der Waals surface area contributed by atoms with E-state index < -0.39 is 19.5 Å². The number of fused-ring (bicyclic) bond motifs is 1. The number of unbranched alkanes of at least 4 members (excludes halogenated alkanes) is 1. The summed E-state index contributed by atoms with van der Waals surface area (Å²) in [5.41, 5.74) is -0.274. The first-order valence-electron chi connectivity index (χ1n) is 7.48. The van der Waals surface area contributed by atoms with Gasteiger partial charge in [0.05, 0.1) is 6.33 Å². The fraction of sp³-hybridized carbons (Fsp3) is 0.615. The fourth-order valence-corrected chi connectivity index (χ4v) is 2.61. The lowest BCUT2D eigenvalue weighted by atomic mass is 10.3. The molecular formula is C13H26N6O6P+. The quantitative estimate of drug-likeness (QED) is 0.406. The number of rotatable bonds is 9. The standard InChI is InChI=1S/C13H19N4O6P.2H3N/c1-3-22-9-16-8-14-11-10(16)12(18)17(13(19)15(11)2)6-4-5-7-23-24(20)21;;/h8H,3-7,9H2,1-2H3;2*1H3/p+1. The van der Waals surface area contributed by atoms with Crippen molar-refractivity contribution in [1.29, 1.82) is 0 Å². The largest absolute Gasteiger partial charge is 0.694 e. The van der Waals surface area contributed by atoms with Gasteiger partial charge in [0.2, 0.25) is 0 Å². The maximum atomic E-state index is 12.6. The summed E-state index contributed by atoms with van der Waals surface area (Å²) >= 11 is 0. The van der Waals surface area contributed by atoms with Crippen molar-refractivity contribution in [3.8, 4) is 0 Å². The molecule has 0 saturated carbocycles. The molecule has 0 radical (unpaired) electrons. The third-order valence-corrected chi connectivity index (χ3v) is 3.92. The van der Waals surface area contributed by atoms with Gasteiger partial charge in [-0.15, -0.1) is 9.42 Å². The second kappa shape index (κ2) is 10.9. The van der Waals surface area contributed by atoms with Gasteiger partial charge in [0, 0.05) is 24.8 Å². The molecule has 12 nitrogen and oxygen atoms in total. The van der Waals surface area contributed by atoms with E-state index >= 15 is 0 Å². The summed E-state index contributed by atoms with van der Waals surface area (Å²) in [6.45, 7) is 2.79. The number of aryl methyl sites for hydroxylation is 1. The van der Waals surface area contributed by atoms with Crippen LogP contribution in [0.15, 0.2) is 15.9 Å². The second-order valence-corrected chi connectivity index (χ2v) is 5.82. The van der Waals surface area contributed by atoms with Crippen molar-refractivity contribution >= 4 is 19.4 Å². The average Bonchev–Trinajstić information content (AvgIpc) is 2.97. The van der Waals surface area contributed by atoms with Gasteiger partial charge in [0.25, 0.3) is 5.56 Å². The average molecular weight is 393 g/mol. The molecule has 1 unspecified atom stereocenters.